The first-order valence-electron chi connectivity index (χ1n) is 6.50. The largest absolute Gasteiger partial charge is 0.476 e. The molecule has 3 heterocycles. The molecule has 1 fully saturated rings. The second-order valence-corrected chi connectivity index (χ2v) is 4.85. The summed E-state index contributed by atoms with van der Waals surface area (Å²) >= 11 is 0. The van der Waals surface area contributed by atoms with Crippen LogP contribution in [-0.2, 0) is 18.4 Å². The van der Waals surface area contributed by atoms with E-state index in [9.17, 15) is 14.7 Å². The average Bonchev–Trinajstić information content (AvgIpc) is 2.92. The van der Waals surface area contributed by atoms with Crippen molar-refractivity contribution in [1.29, 1.82) is 0 Å². The Kier molecular flexibility index (Phi) is 3.16. The Bertz CT molecular complexity index is 700. The molecule has 0 spiro atoms. The van der Waals surface area contributed by atoms with Gasteiger partial charge < -0.3 is 14.6 Å². The van der Waals surface area contributed by atoms with Crippen molar-refractivity contribution in [3.05, 3.63) is 18.1 Å². The Balaban J connectivity index is 1.99. The molecule has 0 aromatic carbocycles. The van der Waals surface area contributed by atoms with Gasteiger partial charge in [0.25, 0.3) is 0 Å². The molecule has 2 aromatic rings. The van der Waals surface area contributed by atoms with Gasteiger partial charge in [0.2, 0.25) is 11.6 Å². The minimum atomic E-state index is -1.20. The van der Waals surface area contributed by atoms with Crippen molar-refractivity contribution in [3.8, 4) is 11.5 Å². The van der Waals surface area contributed by atoms with E-state index >= 15 is 0 Å². The number of likely N-dealkylation sites (tertiary alicyclic amines) is 1. The number of carbonyl (C=O) groups excluding carboxylic acids is 1. The van der Waals surface area contributed by atoms with Crippen LogP contribution in [-0.4, -0.2) is 59.5 Å². The Morgan fingerprint density at radius 3 is 2.67 bits per heavy atom. The summed E-state index contributed by atoms with van der Waals surface area (Å²) in [5, 5.41) is 16.7. The number of imidazole rings is 1. The number of carbonyl (C=O) groups is 2. The molecule has 2 aromatic heterocycles. The van der Waals surface area contributed by atoms with Crippen LogP contribution in [0.25, 0.3) is 11.5 Å². The zero-order valence-electron chi connectivity index (χ0n) is 11.4. The minimum absolute atomic E-state index is 0.0392. The summed E-state index contributed by atoms with van der Waals surface area (Å²) in [6.45, 7) is 1.43. The monoisotopic (exact) mass is 290 g/mol. The second kappa shape index (κ2) is 5.00. The fraction of sp³-hybridized carbons (Fsp3) is 0.417. The maximum Gasteiger partial charge on any atom is 0.358 e. The molecule has 1 amide bonds. The number of aromatic carboxylic acids is 1. The van der Waals surface area contributed by atoms with Crippen LogP contribution in [0.2, 0.25) is 0 Å². The van der Waals surface area contributed by atoms with Crippen LogP contribution < -0.4 is 0 Å². The number of aryl methyl sites for hydroxylation is 1. The SMILES string of the molecule is Cn1ccnc1-c1c(C(=O)O)nnn1CC(=O)N1CCC1. The van der Waals surface area contributed by atoms with Crippen molar-refractivity contribution < 1.29 is 14.7 Å². The lowest BCUT2D eigenvalue weighted by Crippen LogP contribution is -2.43. The van der Waals surface area contributed by atoms with E-state index in [0.717, 1.165) is 19.5 Å². The zero-order valence-corrected chi connectivity index (χ0v) is 11.4. The minimum Gasteiger partial charge on any atom is -0.476 e. The third-order valence-corrected chi connectivity index (χ3v) is 3.46. The van der Waals surface area contributed by atoms with E-state index in [1.54, 1.807) is 28.9 Å². The number of carboxylic acids is 1. The molecular formula is C12H14N6O3. The Morgan fingerprint density at radius 1 is 1.38 bits per heavy atom. The zero-order chi connectivity index (χ0) is 15.0. The number of amides is 1. The lowest BCUT2D eigenvalue weighted by atomic mass is 10.2. The molecule has 21 heavy (non-hydrogen) atoms. The molecular weight excluding hydrogens is 276 g/mol. The van der Waals surface area contributed by atoms with Crippen LogP contribution in [0, 0.1) is 0 Å². The number of hydrogen-bond acceptors (Lipinski definition) is 5. The summed E-state index contributed by atoms with van der Waals surface area (Å²) in [5.41, 5.74) is 0.0320. The lowest BCUT2D eigenvalue weighted by Gasteiger charge is -2.30. The average molecular weight is 290 g/mol. The Morgan fingerprint density at radius 2 is 2.14 bits per heavy atom. The molecule has 1 saturated heterocycles. The Labute approximate surface area is 119 Å². The quantitative estimate of drug-likeness (QED) is 0.822. The van der Waals surface area contributed by atoms with Crippen molar-refractivity contribution in [2.75, 3.05) is 13.1 Å². The van der Waals surface area contributed by atoms with Crippen LogP contribution in [0.1, 0.15) is 16.9 Å². The molecule has 1 aliphatic rings. The van der Waals surface area contributed by atoms with Crippen molar-refractivity contribution in [2.45, 2.75) is 13.0 Å². The fourth-order valence-electron chi connectivity index (χ4n) is 2.18. The van der Waals surface area contributed by atoms with Gasteiger partial charge in [0, 0.05) is 32.5 Å². The van der Waals surface area contributed by atoms with Crippen LogP contribution >= 0.6 is 0 Å². The number of aromatic nitrogens is 5. The molecule has 0 unspecified atom stereocenters. The van der Waals surface area contributed by atoms with E-state index in [2.05, 4.69) is 15.3 Å². The van der Waals surface area contributed by atoms with Gasteiger partial charge in [-0.1, -0.05) is 5.21 Å². The third-order valence-electron chi connectivity index (χ3n) is 3.46. The lowest BCUT2D eigenvalue weighted by molar-refractivity contribution is -0.135. The van der Waals surface area contributed by atoms with Crippen molar-refractivity contribution in [2.24, 2.45) is 7.05 Å². The van der Waals surface area contributed by atoms with E-state index in [0.29, 0.717) is 5.82 Å². The highest BCUT2D eigenvalue weighted by Gasteiger charge is 2.27. The first-order valence-corrected chi connectivity index (χ1v) is 6.50. The van der Waals surface area contributed by atoms with Gasteiger partial charge in [0.15, 0.2) is 5.82 Å². The van der Waals surface area contributed by atoms with Gasteiger partial charge >= 0.3 is 5.97 Å². The summed E-state index contributed by atoms with van der Waals surface area (Å²) in [6, 6.07) is 0. The van der Waals surface area contributed by atoms with E-state index in [4.69, 9.17) is 0 Å². The topological polar surface area (TPSA) is 106 Å². The molecule has 0 bridgehead atoms. The number of nitrogens with zero attached hydrogens (tertiary/aromatic N) is 6. The first-order chi connectivity index (χ1) is 10.1. The predicted octanol–water partition coefficient (Wildman–Crippen LogP) is -0.391. The molecule has 1 N–H and O–H groups in total. The van der Waals surface area contributed by atoms with Gasteiger partial charge in [-0.15, -0.1) is 5.10 Å². The van der Waals surface area contributed by atoms with E-state index in [-0.39, 0.29) is 23.8 Å². The molecule has 3 rings (SSSR count). The first kappa shape index (κ1) is 13.3. The molecule has 0 aliphatic carbocycles. The highest BCUT2D eigenvalue weighted by atomic mass is 16.4. The molecule has 9 heteroatoms. The second-order valence-electron chi connectivity index (χ2n) is 4.85. The molecule has 0 radical (unpaired) electrons. The number of rotatable bonds is 4. The summed E-state index contributed by atoms with van der Waals surface area (Å²) in [5.74, 6) is -0.886. The highest BCUT2D eigenvalue weighted by molar-refractivity contribution is 5.92. The van der Waals surface area contributed by atoms with Crippen molar-refractivity contribution >= 4 is 11.9 Å². The van der Waals surface area contributed by atoms with E-state index in [1.165, 1.54) is 4.68 Å². The predicted molar refractivity (Wildman–Crippen MR) is 70.4 cm³/mol. The van der Waals surface area contributed by atoms with Gasteiger partial charge in [-0.2, -0.15) is 0 Å². The molecule has 110 valence electrons. The van der Waals surface area contributed by atoms with Crippen molar-refractivity contribution in [1.82, 2.24) is 29.4 Å². The molecule has 0 atom stereocenters. The smallest absolute Gasteiger partial charge is 0.358 e. The molecule has 9 nitrogen and oxygen atoms in total. The fourth-order valence-corrected chi connectivity index (χ4v) is 2.18. The van der Waals surface area contributed by atoms with Gasteiger partial charge in [0.05, 0.1) is 0 Å². The number of carboxylic acid groups (broad SMARTS) is 1. The molecule has 1 aliphatic heterocycles. The highest BCUT2D eigenvalue weighted by Crippen LogP contribution is 2.20. The third kappa shape index (κ3) is 2.26. The summed E-state index contributed by atoms with van der Waals surface area (Å²) < 4.78 is 2.96. The molecule has 0 saturated carbocycles. The van der Waals surface area contributed by atoms with Gasteiger partial charge in [-0.25, -0.2) is 14.5 Å². The van der Waals surface area contributed by atoms with Crippen LogP contribution in [0.3, 0.4) is 0 Å². The van der Waals surface area contributed by atoms with Gasteiger partial charge in [-0.05, 0) is 6.42 Å². The van der Waals surface area contributed by atoms with Gasteiger partial charge in [-0.3, -0.25) is 4.79 Å². The van der Waals surface area contributed by atoms with Crippen LogP contribution in [0.15, 0.2) is 12.4 Å². The number of hydrogen-bond donors (Lipinski definition) is 1. The Hall–Kier alpha value is -2.71. The summed E-state index contributed by atoms with van der Waals surface area (Å²) in [4.78, 5) is 29.1. The normalized spacial score (nSPS) is 14.0. The van der Waals surface area contributed by atoms with Crippen LogP contribution in [0.4, 0.5) is 0 Å². The van der Waals surface area contributed by atoms with Crippen molar-refractivity contribution in [3.63, 3.8) is 0 Å². The maximum absolute atomic E-state index is 12.0. The standard InChI is InChI=1S/C12H14N6O3/c1-16-6-3-13-11(16)10-9(12(20)21)14-15-18(10)7-8(19)17-4-2-5-17/h3,6H,2,4-5,7H2,1H3,(H,20,21). The summed E-state index contributed by atoms with van der Waals surface area (Å²) in [6.07, 6.45) is 4.24. The van der Waals surface area contributed by atoms with E-state index in [1.807, 2.05) is 0 Å². The van der Waals surface area contributed by atoms with E-state index < -0.39 is 5.97 Å². The maximum atomic E-state index is 12.0. The van der Waals surface area contributed by atoms with Crippen LogP contribution in [0.5, 0.6) is 0 Å². The van der Waals surface area contributed by atoms with Gasteiger partial charge in [0.1, 0.15) is 12.2 Å². The summed E-state index contributed by atoms with van der Waals surface area (Å²) in [7, 11) is 1.74.